The van der Waals surface area contributed by atoms with Crippen molar-refractivity contribution in [3.05, 3.63) is 24.0 Å². The number of nitrogens with zero attached hydrogens (tertiary/aromatic N) is 1. The highest BCUT2D eigenvalue weighted by molar-refractivity contribution is 7.83. The van der Waals surface area contributed by atoms with E-state index in [0.29, 0.717) is 5.75 Å². The molecule has 1 aliphatic rings. The Kier molecular flexibility index (Phi) is 3.86. The highest BCUT2D eigenvalue weighted by Crippen LogP contribution is 2.36. The van der Waals surface area contributed by atoms with Gasteiger partial charge in [-0.1, -0.05) is 6.07 Å². The molecular weight excluding hydrogens is 261 g/mol. The zero-order valence-electron chi connectivity index (χ0n) is 12.1. The van der Waals surface area contributed by atoms with E-state index in [4.69, 9.17) is 9.31 Å². The number of pyridine rings is 1. The summed E-state index contributed by atoms with van der Waals surface area (Å²) < 4.78 is 23.4. The Hall–Kier alpha value is -0.715. The maximum Gasteiger partial charge on any atom is 0.496 e. The zero-order valence-corrected chi connectivity index (χ0v) is 12.9. The Balaban J connectivity index is 2.32. The van der Waals surface area contributed by atoms with E-state index in [1.54, 1.807) is 12.5 Å². The molecule has 1 unspecified atom stereocenters. The van der Waals surface area contributed by atoms with Gasteiger partial charge in [0, 0.05) is 28.7 Å². The number of rotatable bonds is 3. The summed E-state index contributed by atoms with van der Waals surface area (Å²) in [7, 11) is -1.39. The van der Waals surface area contributed by atoms with Crippen molar-refractivity contribution in [1.82, 2.24) is 4.98 Å². The summed E-state index contributed by atoms with van der Waals surface area (Å²) in [5.41, 5.74) is 0.893. The number of aromatic nitrogens is 1. The maximum atomic E-state index is 11.4. The van der Waals surface area contributed by atoms with Gasteiger partial charge in [-0.15, -0.1) is 0 Å². The summed E-state index contributed by atoms with van der Waals surface area (Å²) in [4.78, 5) is 4.31. The molecule has 0 amide bonds. The molecule has 0 saturated carbocycles. The van der Waals surface area contributed by atoms with Crippen LogP contribution in [-0.4, -0.2) is 33.8 Å². The maximum absolute atomic E-state index is 11.4. The lowest BCUT2D eigenvalue weighted by Crippen LogP contribution is -2.41. The van der Waals surface area contributed by atoms with Crippen molar-refractivity contribution in [2.45, 2.75) is 44.6 Å². The lowest BCUT2D eigenvalue weighted by molar-refractivity contribution is 0.00578. The van der Waals surface area contributed by atoms with Crippen LogP contribution in [0.4, 0.5) is 0 Å². The first kappa shape index (κ1) is 14.7. The van der Waals surface area contributed by atoms with E-state index >= 15 is 0 Å². The van der Waals surface area contributed by atoms with Crippen molar-refractivity contribution in [3.63, 3.8) is 0 Å². The average molecular weight is 281 g/mol. The van der Waals surface area contributed by atoms with Crippen LogP contribution in [0.2, 0.25) is 0 Å². The van der Waals surface area contributed by atoms with Crippen LogP contribution in [0.3, 0.4) is 0 Å². The molecule has 2 rings (SSSR count). The second kappa shape index (κ2) is 5.00. The first-order valence-electron chi connectivity index (χ1n) is 6.32. The van der Waals surface area contributed by atoms with E-state index in [2.05, 4.69) is 4.98 Å². The minimum absolute atomic E-state index is 0.379. The van der Waals surface area contributed by atoms with Gasteiger partial charge >= 0.3 is 7.12 Å². The van der Waals surface area contributed by atoms with E-state index in [-0.39, 0.29) is 11.2 Å². The Labute approximate surface area is 117 Å². The van der Waals surface area contributed by atoms with Crippen molar-refractivity contribution in [2.75, 3.05) is 6.26 Å². The topological polar surface area (TPSA) is 48.4 Å². The van der Waals surface area contributed by atoms with Crippen LogP contribution in [0.25, 0.3) is 0 Å². The van der Waals surface area contributed by atoms with E-state index in [1.807, 2.05) is 39.8 Å². The second-order valence-electron chi connectivity index (χ2n) is 5.85. The van der Waals surface area contributed by atoms with Crippen molar-refractivity contribution >= 4 is 23.4 Å². The van der Waals surface area contributed by atoms with Gasteiger partial charge in [-0.2, -0.15) is 0 Å². The fourth-order valence-corrected chi connectivity index (χ4v) is 2.57. The van der Waals surface area contributed by atoms with Crippen LogP contribution in [0.5, 0.6) is 0 Å². The third kappa shape index (κ3) is 2.90. The fourth-order valence-electron chi connectivity index (χ4n) is 1.95. The van der Waals surface area contributed by atoms with Gasteiger partial charge in [-0.25, -0.2) is 0 Å². The first-order chi connectivity index (χ1) is 8.73. The SMILES string of the molecule is CS(=O)Cc1ncccc1B1OC(C)(C)C(C)(C)O1. The molecule has 0 radical (unpaired) electrons. The Bertz CT molecular complexity index is 488. The summed E-state index contributed by atoms with van der Waals surface area (Å²) in [6.07, 6.45) is 3.37. The Morgan fingerprint density at radius 2 is 1.84 bits per heavy atom. The summed E-state index contributed by atoms with van der Waals surface area (Å²) in [5.74, 6) is 0.417. The number of hydrogen-bond donors (Lipinski definition) is 0. The van der Waals surface area contributed by atoms with Gasteiger partial charge in [0.05, 0.1) is 22.6 Å². The molecule has 1 aromatic rings. The fraction of sp³-hybridized carbons (Fsp3) is 0.615. The molecule has 1 atom stereocenters. The van der Waals surface area contributed by atoms with Crippen LogP contribution in [-0.2, 0) is 25.9 Å². The summed E-state index contributed by atoms with van der Waals surface area (Å²) in [6, 6.07) is 3.78. The molecule has 1 fully saturated rings. The van der Waals surface area contributed by atoms with E-state index in [0.717, 1.165) is 11.2 Å². The van der Waals surface area contributed by atoms with Crippen molar-refractivity contribution in [2.24, 2.45) is 0 Å². The first-order valence-corrected chi connectivity index (χ1v) is 8.05. The van der Waals surface area contributed by atoms with Gasteiger partial charge < -0.3 is 9.31 Å². The van der Waals surface area contributed by atoms with Crippen molar-refractivity contribution in [1.29, 1.82) is 0 Å². The highest BCUT2D eigenvalue weighted by atomic mass is 32.2. The summed E-state index contributed by atoms with van der Waals surface area (Å²) in [5, 5.41) is 0. The molecule has 0 aliphatic carbocycles. The Morgan fingerprint density at radius 1 is 1.26 bits per heavy atom. The van der Waals surface area contributed by atoms with E-state index in [1.165, 1.54) is 0 Å². The molecule has 104 valence electrons. The lowest BCUT2D eigenvalue weighted by atomic mass is 9.78. The van der Waals surface area contributed by atoms with Gasteiger partial charge in [-0.05, 0) is 33.8 Å². The molecule has 0 bridgehead atoms. The van der Waals surface area contributed by atoms with Crippen LogP contribution in [0, 0.1) is 0 Å². The normalized spacial score (nSPS) is 22.5. The highest BCUT2D eigenvalue weighted by Gasteiger charge is 2.52. The quantitative estimate of drug-likeness (QED) is 0.783. The summed E-state index contributed by atoms with van der Waals surface area (Å²) in [6.45, 7) is 8.06. The van der Waals surface area contributed by atoms with Gasteiger partial charge in [0.15, 0.2) is 0 Å². The summed E-state index contributed by atoms with van der Waals surface area (Å²) >= 11 is 0. The van der Waals surface area contributed by atoms with Crippen LogP contribution in [0.1, 0.15) is 33.4 Å². The standard InChI is InChI=1S/C13H20BNO3S/c1-12(2)13(3,4)18-14(17-12)10-7-6-8-15-11(10)9-19(5)16/h6-8H,9H2,1-5H3. The zero-order chi connectivity index (χ0) is 14.3. The molecule has 2 heterocycles. The molecule has 0 spiro atoms. The molecule has 19 heavy (non-hydrogen) atoms. The minimum atomic E-state index is -0.939. The van der Waals surface area contributed by atoms with E-state index < -0.39 is 17.9 Å². The lowest BCUT2D eigenvalue weighted by Gasteiger charge is -2.32. The minimum Gasteiger partial charge on any atom is -0.399 e. The van der Waals surface area contributed by atoms with Gasteiger partial charge in [0.1, 0.15) is 0 Å². The monoisotopic (exact) mass is 281 g/mol. The third-order valence-corrected chi connectivity index (χ3v) is 4.45. The van der Waals surface area contributed by atoms with Gasteiger partial charge in [0.2, 0.25) is 0 Å². The Morgan fingerprint density at radius 3 is 2.37 bits per heavy atom. The van der Waals surface area contributed by atoms with E-state index in [9.17, 15) is 4.21 Å². The predicted octanol–water partition coefficient (Wildman–Crippen LogP) is 1.26. The predicted molar refractivity (Wildman–Crippen MR) is 77.7 cm³/mol. The molecule has 0 aromatic carbocycles. The second-order valence-corrected chi connectivity index (χ2v) is 7.28. The van der Waals surface area contributed by atoms with Crippen molar-refractivity contribution < 1.29 is 13.5 Å². The third-order valence-electron chi connectivity index (χ3n) is 3.77. The van der Waals surface area contributed by atoms with Crippen LogP contribution in [0.15, 0.2) is 18.3 Å². The largest absolute Gasteiger partial charge is 0.496 e. The van der Waals surface area contributed by atoms with Crippen LogP contribution < -0.4 is 5.46 Å². The molecule has 4 nitrogen and oxygen atoms in total. The molecular formula is C13H20BNO3S. The molecule has 1 aromatic heterocycles. The van der Waals surface area contributed by atoms with Gasteiger partial charge in [-0.3, -0.25) is 9.19 Å². The number of hydrogen-bond acceptors (Lipinski definition) is 4. The molecule has 1 aliphatic heterocycles. The van der Waals surface area contributed by atoms with Crippen LogP contribution >= 0.6 is 0 Å². The molecule has 6 heteroatoms. The van der Waals surface area contributed by atoms with Gasteiger partial charge in [0.25, 0.3) is 0 Å². The smallest absolute Gasteiger partial charge is 0.399 e. The molecule has 1 saturated heterocycles. The molecule has 0 N–H and O–H groups in total. The van der Waals surface area contributed by atoms with Crippen molar-refractivity contribution in [3.8, 4) is 0 Å². The average Bonchev–Trinajstić information content (AvgIpc) is 2.48.